The summed E-state index contributed by atoms with van der Waals surface area (Å²) in [4.78, 5) is 0. The van der Waals surface area contributed by atoms with Crippen molar-refractivity contribution < 1.29 is 4.74 Å². The van der Waals surface area contributed by atoms with Crippen LogP contribution >= 0.6 is 0 Å². The standard InChI is InChI=1S/C17H21NO/c1-12(2)15-7-4-13(3)17(10-15)19-16-8-5-14(11-18)6-9-16/h4-10,12H,11,18H2,1-3H3. The Balaban J connectivity index is 2.23. The van der Waals surface area contributed by atoms with Crippen LogP contribution in [0.1, 0.15) is 36.5 Å². The van der Waals surface area contributed by atoms with Gasteiger partial charge in [0, 0.05) is 6.54 Å². The highest BCUT2D eigenvalue weighted by Gasteiger charge is 2.06. The van der Waals surface area contributed by atoms with E-state index in [0.29, 0.717) is 12.5 Å². The number of ether oxygens (including phenoxy) is 1. The van der Waals surface area contributed by atoms with Gasteiger partial charge in [-0.15, -0.1) is 0 Å². The molecular formula is C17H21NO. The third-order valence-electron chi connectivity index (χ3n) is 3.27. The molecule has 0 radical (unpaired) electrons. The van der Waals surface area contributed by atoms with Crippen LogP contribution in [0.3, 0.4) is 0 Å². The summed E-state index contributed by atoms with van der Waals surface area (Å²) in [5, 5.41) is 0. The third kappa shape index (κ3) is 3.36. The highest BCUT2D eigenvalue weighted by Crippen LogP contribution is 2.28. The molecule has 0 bridgehead atoms. The number of rotatable bonds is 4. The average molecular weight is 255 g/mol. The largest absolute Gasteiger partial charge is 0.457 e. The normalized spacial score (nSPS) is 10.8. The molecule has 0 saturated carbocycles. The van der Waals surface area contributed by atoms with Crippen molar-refractivity contribution in [1.82, 2.24) is 0 Å². The van der Waals surface area contributed by atoms with Crippen LogP contribution < -0.4 is 10.5 Å². The number of hydrogen-bond acceptors (Lipinski definition) is 2. The Hall–Kier alpha value is -1.80. The highest BCUT2D eigenvalue weighted by atomic mass is 16.5. The summed E-state index contributed by atoms with van der Waals surface area (Å²) in [6.45, 7) is 6.99. The lowest BCUT2D eigenvalue weighted by atomic mass is 10.0. The first-order valence-electron chi connectivity index (χ1n) is 6.67. The molecule has 0 spiro atoms. The van der Waals surface area contributed by atoms with E-state index in [1.807, 2.05) is 24.3 Å². The van der Waals surface area contributed by atoms with Crippen LogP contribution in [0.2, 0.25) is 0 Å². The minimum atomic E-state index is 0.502. The summed E-state index contributed by atoms with van der Waals surface area (Å²) in [5.41, 5.74) is 9.14. The molecule has 100 valence electrons. The van der Waals surface area contributed by atoms with Crippen molar-refractivity contribution in [2.45, 2.75) is 33.2 Å². The van der Waals surface area contributed by atoms with Gasteiger partial charge in [-0.3, -0.25) is 0 Å². The first-order chi connectivity index (χ1) is 9.10. The molecule has 2 aromatic rings. The molecule has 0 fully saturated rings. The predicted octanol–water partition coefficient (Wildman–Crippen LogP) is 4.37. The van der Waals surface area contributed by atoms with Crippen molar-refractivity contribution in [1.29, 1.82) is 0 Å². The molecule has 0 aliphatic rings. The summed E-state index contributed by atoms with van der Waals surface area (Å²) in [5.74, 6) is 2.27. The number of hydrogen-bond donors (Lipinski definition) is 1. The second-order valence-electron chi connectivity index (χ2n) is 5.13. The van der Waals surface area contributed by atoms with E-state index in [4.69, 9.17) is 10.5 Å². The van der Waals surface area contributed by atoms with Gasteiger partial charge in [0.05, 0.1) is 0 Å². The van der Waals surface area contributed by atoms with Gasteiger partial charge < -0.3 is 10.5 Å². The van der Waals surface area contributed by atoms with Crippen molar-refractivity contribution in [3.8, 4) is 11.5 Å². The maximum absolute atomic E-state index is 5.96. The number of benzene rings is 2. The molecule has 2 aromatic carbocycles. The predicted molar refractivity (Wildman–Crippen MR) is 79.7 cm³/mol. The summed E-state index contributed by atoms with van der Waals surface area (Å²) < 4.78 is 5.96. The number of aryl methyl sites for hydroxylation is 1. The van der Waals surface area contributed by atoms with E-state index in [1.54, 1.807) is 0 Å². The van der Waals surface area contributed by atoms with Gasteiger partial charge in [0.2, 0.25) is 0 Å². The summed E-state index contributed by atoms with van der Waals surface area (Å²) in [6.07, 6.45) is 0. The van der Waals surface area contributed by atoms with Crippen molar-refractivity contribution in [2.75, 3.05) is 0 Å². The Morgan fingerprint density at radius 2 is 1.74 bits per heavy atom. The fraction of sp³-hybridized carbons (Fsp3) is 0.294. The fourth-order valence-corrected chi connectivity index (χ4v) is 1.91. The Morgan fingerprint density at radius 3 is 2.32 bits per heavy atom. The van der Waals surface area contributed by atoms with E-state index < -0.39 is 0 Å². The van der Waals surface area contributed by atoms with Crippen molar-refractivity contribution >= 4 is 0 Å². The Kier molecular flexibility index (Phi) is 4.23. The van der Waals surface area contributed by atoms with E-state index in [2.05, 4.69) is 39.0 Å². The van der Waals surface area contributed by atoms with Crippen LogP contribution in [0, 0.1) is 6.92 Å². The molecule has 2 rings (SSSR count). The second-order valence-corrected chi connectivity index (χ2v) is 5.13. The molecule has 0 amide bonds. The minimum Gasteiger partial charge on any atom is -0.457 e. The molecule has 0 saturated heterocycles. The Bertz CT molecular complexity index is 544. The zero-order chi connectivity index (χ0) is 13.8. The first kappa shape index (κ1) is 13.6. The maximum Gasteiger partial charge on any atom is 0.130 e. The molecule has 0 heterocycles. The van der Waals surface area contributed by atoms with E-state index in [9.17, 15) is 0 Å². The van der Waals surface area contributed by atoms with Crippen molar-refractivity contribution in [3.63, 3.8) is 0 Å². The lowest BCUT2D eigenvalue weighted by molar-refractivity contribution is 0.477. The van der Waals surface area contributed by atoms with Crippen LogP contribution in [0.4, 0.5) is 0 Å². The Labute approximate surface area is 115 Å². The van der Waals surface area contributed by atoms with E-state index in [0.717, 1.165) is 22.6 Å². The van der Waals surface area contributed by atoms with Gasteiger partial charge in [0.15, 0.2) is 0 Å². The minimum absolute atomic E-state index is 0.502. The molecule has 0 aliphatic carbocycles. The van der Waals surface area contributed by atoms with Gasteiger partial charge in [-0.1, -0.05) is 38.1 Å². The van der Waals surface area contributed by atoms with E-state index in [1.165, 1.54) is 5.56 Å². The van der Waals surface area contributed by atoms with Crippen LogP contribution in [-0.4, -0.2) is 0 Å². The maximum atomic E-state index is 5.96. The molecule has 2 nitrogen and oxygen atoms in total. The molecule has 0 unspecified atom stereocenters. The van der Waals surface area contributed by atoms with E-state index >= 15 is 0 Å². The third-order valence-corrected chi connectivity index (χ3v) is 3.27. The Morgan fingerprint density at radius 1 is 1.05 bits per heavy atom. The smallest absolute Gasteiger partial charge is 0.130 e. The highest BCUT2D eigenvalue weighted by molar-refractivity contribution is 5.41. The van der Waals surface area contributed by atoms with Crippen LogP contribution in [0.15, 0.2) is 42.5 Å². The summed E-state index contributed by atoms with van der Waals surface area (Å²) in [7, 11) is 0. The molecule has 2 N–H and O–H groups in total. The van der Waals surface area contributed by atoms with Crippen molar-refractivity contribution in [3.05, 3.63) is 59.2 Å². The first-order valence-corrected chi connectivity index (χ1v) is 6.67. The van der Waals surface area contributed by atoms with Crippen molar-refractivity contribution in [2.24, 2.45) is 5.73 Å². The average Bonchev–Trinajstić information content (AvgIpc) is 2.42. The second kappa shape index (κ2) is 5.89. The number of nitrogens with two attached hydrogens (primary N) is 1. The summed E-state index contributed by atoms with van der Waals surface area (Å²) in [6, 6.07) is 14.3. The lowest BCUT2D eigenvalue weighted by Gasteiger charge is -2.12. The van der Waals surface area contributed by atoms with E-state index in [-0.39, 0.29) is 0 Å². The van der Waals surface area contributed by atoms with Crippen LogP contribution in [-0.2, 0) is 6.54 Å². The van der Waals surface area contributed by atoms with Gasteiger partial charge in [-0.05, 0) is 47.7 Å². The molecule has 0 aromatic heterocycles. The van der Waals surface area contributed by atoms with Crippen LogP contribution in [0.25, 0.3) is 0 Å². The lowest BCUT2D eigenvalue weighted by Crippen LogP contribution is -1.96. The molecule has 0 atom stereocenters. The molecule has 0 aliphatic heterocycles. The van der Waals surface area contributed by atoms with Gasteiger partial charge in [0.1, 0.15) is 11.5 Å². The fourth-order valence-electron chi connectivity index (χ4n) is 1.91. The summed E-state index contributed by atoms with van der Waals surface area (Å²) >= 11 is 0. The zero-order valence-electron chi connectivity index (χ0n) is 11.8. The topological polar surface area (TPSA) is 35.2 Å². The molecule has 19 heavy (non-hydrogen) atoms. The molecular weight excluding hydrogens is 234 g/mol. The molecule has 2 heteroatoms. The van der Waals surface area contributed by atoms with Gasteiger partial charge in [-0.25, -0.2) is 0 Å². The zero-order valence-corrected chi connectivity index (χ0v) is 11.8. The quantitative estimate of drug-likeness (QED) is 0.880. The monoisotopic (exact) mass is 255 g/mol. The van der Waals surface area contributed by atoms with Gasteiger partial charge in [-0.2, -0.15) is 0 Å². The van der Waals surface area contributed by atoms with Gasteiger partial charge in [0.25, 0.3) is 0 Å². The SMILES string of the molecule is Cc1ccc(C(C)C)cc1Oc1ccc(CN)cc1. The van der Waals surface area contributed by atoms with Crippen LogP contribution in [0.5, 0.6) is 11.5 Å². The van der Waals surface area contributed by atoms with Gasteiger partial charge >= 0.3 is 0 Å².